The number of nitrogens with one attached hydrogen (secondary N) is 3. The van der Waals surface area contributed by atoms with Gasteiger partial charge in [-0.25, -0.2) is 15.4 Å². The number of amides is 2. The Kier molecular flexibility index (Phi) is 6.69. The van der Waals surface area contributed by atoms with E-state index in [2.05, 4.69) is 37.3 Å². The molecule has 2 aromatic carbocycles. The van der Waals surface area contributed by atoms with Crippen LogP contribution in [-0.2, 0) is 11.8 Å². The molecule has 4 aromatic rings. The van der Waals surface area contributed by atoms with E-state index in [1.165, 1.54) is 12.6 Å². The normalized spacial score (nSPS) is 10.7. The van der Waals surface area contributed by atoms with Gasteiger partial charge in [-0.05, 0) is 30.3 Å². The molecule has 0 aliphatic heterocycles. The Balaban J connectivity index is 1.54. The summed E-state index contributed by atoms with van der Waals surface area (Å²) in [6.07, 6.45) is 3.68. The fourth-order valence-corrected chi connectivity index (χ4v) is 3.62. The Morgan fingerprint density at radius 3 is 2.76 bits per heavy atom. The van der Waals surface area contributed by atoms with Gasteiger partial charge in [0.1, 0.15) is 5.75 Å². The zero-order valence-corrected chi connectivity index (χ0v) is 18.7. The number of aryl methyl sites for hydroxylation is 1. The Morgan fingerprint density at radius 1 is 1.15 bits per heavy atom. The number of fused-ring (bicyclic) bond motifs is 1. The number of anilines is 2. The quantitative estimate of drug-likeness (QED) is 0.235. The van der Waals surface area contributed by atoms with E-state index in [9.17, 15) is 9.59 Å². The molecule has 10 nitrogen and oxygen atoms in total. The summed E-state index contributed by atoms with van der Waals surface area (Å²) in [7, 11) is 3.50. The van der Waals surface area contributed by atoms with Crippen molar-refractivity contribution in [2.75, 3.05) is 19.0 Å². The highest BCUT2D eigenvalue weighted by molar-refractivity contribution is 5.96. The highest BCUT2D eigenvalue weighted by Gasteiger charge is 2.14. The number of hydrogen-bond donors (Lipinski definition) is 4. The topological polar surface area (TPSA) is 130 Å². The number of benzene rings is 2. The molecule has 0 radical (unpaired) electrons. The third-order valence-corrected chi connectivity index (χ3v) is 5.30. The molecule has 0 saturated heterocycles. The first kappa shape index (κ1) is 22.7. The fraction of sp³-hybridized carbons (Fsp3) is 0.167. The van der Waals surface area contributed by atoms with Gasteiger partial charge in [-0.15, -0.1) is 0 Å². The van der Waals surface area contributed by atoms with E-state index in [1.807, 2.05) is 31.4 Å². The number of hydrogen-bond acceptors (Lipinski definition) is 7. The molecule has 2 heterocycles. The van der Waals surface area contributed by atoms with Crippen LogP contribution in [0.4, 0.5) is 11.6 Å². The molecule has 0 unspecified atom stereocenters. The number of carbonyl (C=O) groups excluding carboxylic acids is 2. The van der Waals surface area contributed by atoms with Gasteiger partial charge in [-0.2, -0.15) is 0 Å². The van der Waals surface area contributed by atoms with Gasteiger partial charge in [0.15, 0.2) is 0 Å². The minimum absolute atomic E-state index is 0.0383. The first-order valence-electron chi connectivity index (χ1n) is 10.5. The lowest BCUT2D eigenvalue weighted by Crippen LogP contribution is -2.29. The first-order valence-corrected chi connectivity index (χ1v) is 10.5. The summed E-state index contributed by atoms with van der Waals surface area (Å²) < 4.78 is 7.50. The van der Waals surface area contributed by atoms with Gasteiger partial charge in [0, 0.05) is 54.4 Å². The predicted octanol–water partition coefficient (Wildman–Crippen LogP) is 3.01. The average Bonchev–Trinajstić information content (AvgIpc) is 3.21. The molecule has 0 spiro atoms. The molecule has 2 amide bonds. The van der Waals surface area contributed by atoms with Crippen molar-refractivity contribution in [1.29, 1.82) is 0 Å². The van der Waals surface area contributed by atoms with Crippen molar-refractivity contribution < 1.29 is 19.5 Å². The molecular formula is C24H24N6O4. The third-order valence-electron chi connectivity index (χ3n) is 5.30. The maximum Gasteiger partial charge on any atom is 0.251 e. The fourth-order valence-electron chi connectivity index (χ4n) is 3.62. The van der Waals surface area contributed by atoms with E-state index in [0.29, 0.717) is 22.9 Å². The predicted molar refractivity (Wildman–Crippen MR) is 127 cm³/mol. The highest BCUT2D eigenvalue weighted by Crippen LogP contribution is 2.31. The molecular weight excluding hydrogens is 436 g/mol. The number of aromatic nitrogens is 3. The number of para-hydroxylation sites is 1. The van der Waals surface area contributed by atoms with Crippen LogP contribution in [0, 0.1) is 0 Å². The van der Waals surface area contributed by atoms with Crippen LogP contribution in [0.5, 0.6) is 5.75 Å². The molecule has 0 aliphatic rings. The summed E-state index contributed by atoms with van der Waals surface area (Å²) in [5, 5.41) is 15.4. The monoisotopic (exact) mass is 460 g/mol. The van der Waals surface area contributed by atoms with Crippen LogP contribution >= 0.6 is 0 Å². The highest BCUT2D eigenvalue weighted by atomic mass is 16.5. The zero-order valence-electron chi connectivity index (χ0n) is 18.7. The minimum Gasteiger partial charge on any atom is -0.495 e. The van der Waals surface area contributed by atoms with E-state index >= 15 is 0 Å². The minimum atomic E-state index is -0.580. The zero-order chi connectivity index (χ0) is 24.1. The van der Waals surface area contributed by atoms with Crippen LogP contribution in [0.3, 0.4) is 0 Å². The van der Waals surface area contributed by atoms with Crippen LogP contribution in [0.1, 0.15) is 16.8 Å². The SMILES string of the molecule is COc1cc(C(=O)NCCC(=O)NO)ccc1Nc1nccc(-c2cn(C)c3ccccc23)n1. The molecule has 34 heavy (non-hydrogen) atoms. The molecule has 174 valence electrons. The summed E-state index contributed by atoms with van der Waals surface area (Å²) in [6.45, 7) is 0.0857. The third kappa shape index (κ3) is 4.81. The van der Waals surface area contributed by atoms with Crippen LogP contribution in [-0.4, -0.2) is 45.2 Å². The first-order chi connectivity index (χ1) is 16.5. The molecule has 0 bridgehead atoms. The molecule has 0 aliphatic carbocycles. The van der Waals surface area contributed by atoms with Crippen LogP contribution in [0.15, 0.2) is 60.9 Å². The molecule has 4 N–H and O–H groups in total. The van der Waals surface area contributed by atoms with E-state index < -0.39 is 5.91 Å². The van der Waals surface area contributed by atoms with Gasteiger partial charge < -0.3 is 19.9 Å². The Labute approximate surface area is 195 Å². The maximum atomic E-state index is 12.4. The van der Waals surface area contributed by atoms with E-state index in [1.54, 1.807) is 24.4 Å². The number of hydroxylamine groups is 1. The molecule has 10 heteroatoms. The summed E-state index contributed by atoms with van der Waals surface area (Å²) >= 11 is 0. The Bertz CT molecular complexity index is 1350. The average molecular weight is 460 g/mol. The standard InChI is InChI=1S/C24H24N6O4/c1-30-14-17(16-5-3-4-6-20(16)30)18-9-11-26-24(27-18)28-19-8-7-15(13-21(19)34-2)23(32)25-12-10-22(31)29-33/h3-9,11,13-14,33H,10,12H2,1-2H3,(H,25,32)(H,29,31)(H,26,27,28). The van der Waals surface area contributed by atoms with Gasteiger partial charge in [-0.3, -0.25) is 14.8 Å². The largest absolute Gasteiger partial charge is 0.495 e. The van der Waals surface area contributed by atoms with Crippen LogP contribution < -0.4 is 20.9 Å². The smallest absolute Gasteiger partial charge is 0.251 e. The van der Waals surface area contributed by atoms with Gasteiger partial charge >= 0.3 is 0 Å². The molecule has 0 fully saturated rings. The Morgan fingerprint density at radius 2 is 1.97 bits per heavy atom. The van der Waals surface area contributed by atoms with E-state index in [-0.39, 0.29) is 18.9 Å². The maximum absolute atomic E-state index is 12.4. The number of rotatable bonds is 8. The van der Waals surface area contributed by atoms with Crippen molar-refractivity contribution in [1.82, 2.24) is 25.3 Å². The second-order valence-corrected chi connectivity index (χ2v) is 7.52. The van der Waals surface area contributed by atoms with Crippen LogP contribution in [0.2, 0.25) is 0 Å². The number of carbonyl (C=O) groups is 2. The lowest BCUT2D eigenvalue weighted by Gasteiger charge is -2.12. The molecule has 2 aromatic heterocycles. The molecule has 0 atom stereocenters. The van der Waals surface area contributed by atoms with Gasteiger partial charge in [-0.1, -0.05) is 18.2 Å². The second kappa shape index (κ2) is 10.0. The lowest BCUT2D eigenvalue weighted by molar-refractivity contribution is -0.129. The van der Waals surface area contributed by atoms with E-state index in [4.69, 9.17) is 9.94 Å². The van der Waals surface area contributed by atoms with Crippen molar-refractivity contribution in [2.45, 2.75) is 6.42 Å². The van der Waals surface area contributed by atoms with Crippen LogP contribution in [0.25, 0.3) is 22.2 Å². The Hall–Kier alpha value is -4.44. The molecule has 4 rings (SSSR count). The van der Waals surface area contributed by atoms with E-state index in [0.717, 1.165) is 22.2 Å². The number of ether oxygens (including phenoxy) is 1. The number of nitrogens with zero attached hydrogens (tertiary/aromatic N) is 3. The summed E-state index contributed by atoms with van der Waals surface area (Å²) in [6, 6.07) is 14.9. The van der Waals surface area contributed by atoms with Crippen molar-refractivity contribution in [3.63, 3.8) is 0 Å². The van der Waals surface area contributed by atoms with Crippen molar-refractivity contribution in [3.05, 3.63) is 66.5 Å². The van der Waals surface area contributed by atoms with Gasteiger partial charge in [0.05, 0.1) is 18.5 Å². The van der Waals surface area contributed by atoms with Crippen molar-refractivity contribution in [2.24, 2.45) is 7.05 Å². The van der Waals surface area contributed by atoms with Crippen molar-refractivity contribution in [3.8, 4) is 17.0 Å². The summed E-state index contributed by atoms with van der Waals surface area (Å²) in [5.41, 5.74) is 5.35. The lowest BCUT2D eigenvalue weighted by atomic mass is 10.1. The second-order valence-electron chi connectivity index (χ2n) is 7.52. The number of methoxy groups -OCH3 is 1. The summed E-state index contributed by atoms with van der Waals surface area (Å²) in [4.78, 5) is 32.4. The van der Waals surface area contributed by atoms with Crippen molar-refractivity contribution >= 4 is 34.4 Å². The molecule has 0 saturated carbocycles. The van der Waals surface area contributed by atoms with Gasteiger partial charge in [0.2, 0.25) is 11.9 Å². The summed E-state index contributed by atoms with van der Waals surface area (Å²) in [5.74, 6) is -0.135. The van der Waals surface area contributed by atoms with Gasteiger partial charge in [0.25, 0.3) is 5.91 Å².